The Hall–Kier alpha value is -1.06. The number of esters is 2. The monoisotopic (exact) mass is 352 g/mol. The van der Waals surface area contributed by atoms with E-state index in [4.69, 9.17) is 9.47 Å². The van der Waals surface area contributed by atoms with Gasteiger partial charge in [-0.15, -0.1) is 0 Å². The Morgan fingerprint density at radius 2 is 1.56 bits per heavy atom. The van der Waals surface area contributed by atoms with Crippen LogP contribution in [0.1, 0.15) is 92.9 Å². The first-order chi connectivity index (χ1) is 11.5. The molecule has 0 aliphatic heterocycles. The number of rotatable bonds is 5. The molecule has 2 rings (SSSR count). The Morgan fingerprint density at radius 3 is 2.08 bits per heavy atom. The molecule has 0 bridgehead atoms. The summed E-state index contributed by atoms with van der Waals surface area (Å²) < 4.78 is 12.1. The average molecular weight is 353 g/mol. The fourth-order valence-corrected chi connectivity index (χ4v) is 3.97. The van der Waals surface area contributed by atoms with E-state index in [1.807, 2.05) is 41.5 Å². The third-order valence-corrected chi connectivity index (χ3v) is 6.18. The highest BCUT2D eigenvalue weighted by atomic mass is 16.6. The molecule has 2 saturated carbocycles. The van der Waals surface area contributed by atoms with Crippen molar-refractivity contribution in [2.75, 3.05) is 0 Å². The summed E-state index contributed by atoms with van der Waals surface area (Å²) in [4.78, 5) is 25.2. The highest BCUT2D eigenvalue weighted by Crippen LogP contribution is 2.48. The van der Waals surface area contributed by atoms with E-state index in [0.717, 1.165) is 51.4 Å². The van der Waals surface area contributed by atoms with Crippen LogP contribution in [0.4, 0.5) is 0 Å². The molecule has 0 heterocycles. The van der Waals surface area contributed by atoms with Gasteiger partial charge in [0.05, 0.1) is 10.8 Å². The topological polar surface area (TPSA) is 52.6 Å². The molecule has 0 aromatic heterocycles. The summed E-state index contributed by atoms with van der Waals surface area (Å²) in [5, 5.41) is 0. The summed E-state index contributed by atoms with van der Waals surface area (Å²) in [5.74, 6) is -0.125. The van der Waals surface area contributed by atoms with E-state index >= 15 is 0 Å². The summed E-state index contributed by atoms with van der Waals surface area (Å²) in [7, 11) is 0. The zero-order valence-corrected chi connectivity index (χ0v) is 16.9. The van der Waals surface area contributed by atoms with Crippen LogP contribution in [0.15, 0.2) is 0 Å². The van der Waals surface area contributed by atoms with Crippen molar-refractivity contribution in [2.24, 2.45) is 16.7 Å². The van der Waals surface area contributed by atoms with Crippen LogP contribution < -0.4 is 0 Å². The van der Waals surface area contributed by atoms with Gasteiger partial charge in [-0.25, -0.2) is 0 Å². The second-order valence-electron chi connectivity index (χ2n) is 9.63. The van der Waals surface area contributed by atoms with Crippen molar-refractivity contribution in [3.05, 3.63) is 0 Å². The summed E-state index contributed by atoms with van der Waals surface area (Å²) >= 11 is 0. The van der Waals surface area contributed by atoms with Crippen LogP contribution in [-0.4, -0.2) is 23.6 Å². The molecule has 2 aliphatic rings. The van der Waals surface area contributed by atoms with E-state index in [0.29, 0.717) is 0 Å². The molecule has 25 heavy (non-hydrogen) atoms. The first-order valence-corrected chi connectivity index (χ1v) is 9.96. The molecule has 0 spiro atoms. The highest BCUT2D eigenvalue weighted by molar-refractivity contribution is 5.76. The van der Waals surface area contributed by atoms with Crippen LogP contribution in [-0.2, 0) is 19.1 Å². The normalized spacial score (nSPS) is 26.5. The molecule has 144 valence electrons. The van der Waals surface area contributed by atoms with Crippen molar-refractivity contribution in [1.29, 1.82) is 0 Å². The van der Waals surface area contributed by atoms with Gasteiger partial charge in [0.1, 0.15) is 11.7 Å². The number of carbonyl (C=O) groups is 2. The second kappa shape index (κ2) is 7.28. The van der Waals surface area contributed by atoms with Gasteiger partial charge in [-0.1, -0.05) is 6.92 Å². The van der Waals surface area contributed by atoms with Crippen molar-refractivity contribution >= 4 is 11.9 Å². The summed E-state index contributed by atoms with van der Waals surface area (Å²) in [6.45, 7) is 11.6. The van der Waals surface area contributed by atoms with E-state index < -0.39 is 16.4 Å². The molecule has 2 unspecified atom stereocenters. The third-order valence-electron chi connectivity index (χ3n) is 6.18. The number of ether oxygens (including phenoxy) is 2. The predicted octanol–water partition coefficient (Wildman–Crippen LogP) is 5.04. The molecule has 0 N–H and O–H groups in total. The largest absolute Gasteiger partial charge is 0.462 e. The molecule has 0 aromatic carbocycles. The van der Waals surface area contributed by atoms with E-state index in [1.165, 1.54) is 0 Å². The van der Waals surface area contributed by atoms with Crippen LogP contribution in [0.3, 0.4) is 0 Å². The molecule has 0 amide bonds. The number of hydrogen-bond donors (Lipinski definition) is 0. The van der Waals surface area contributed by atoms with E-state index in [9.17, 15) is 9.59 Å². The smallest absolute Gasteiger partial charge is 0.312 e. The van der Waals surface area contributed by atoms with Crippen molar-refractivity contribution in [2.45, 2.75) is 105 Å². The maximum atomic E-state index is 12.8. The Morgan fingerprint density at radius 1 is 0.960 bits per heavy atom. The molecule has 0 saturated heterocycles. The van der Waals surface area contributed by atoms with Gasteiger partial charge in [-0.2, -0.15) is 0 Å². The molecule has 2 aliphatic carbocycles. The lowest BCUT2D eigenvalue weighted by molar-refractivity contribution is -0.185. The van der Waals surface area contributed by atoms with Crippen LogP contribution in [0.2, 0.25) is 0 Å². The van der Waals surface area contributed by atoms with Gasteiger partial charge in [-0.05, 0) is 86.0 Å². The minimum Gasteiger partial charge on any atom is -0.462 e. The first-order valence-electron chi connectivity index (χ1n) is 9.96. The second-order valence-corrected chi connectivity index (χ2v) is 9.63. The zero-order chi connectivity index (χ0) is 18.9. The van der Waals surface area contributed by atoms with Gasteiger partial charge >= 0.3 is 11.9 Å². The molecular weight excluding hydrogens is 316 g/mol. The lowest BCUT2D eigenvalue weighted by atomic mass is 9.81. The average Bonchev–Trinajstić information content (AvgIpc) is 3.16. The Kier molecular flexibility index (Phi) is 5.90. The summed E-state index contributed by atoms with van der Waals surface area (Å²) in [6, 6.07) is 0. The van der Waals surface area contributed by atoms with Crippen LogP contribution in [0.5, 0.6) is 0 Å². The highest BCUT2D eigenvalue weighted by Gasteiger charge is 2.52. The van der Waals surface area contributed by atoms with Crippen molar-refractivity contribution in [1.82, 2.24) is 0 Å². The van der Waals surface area contributed by atoms with Gasteiger partial charge in [-0.3, -0.25) is 9.59 Å². The maximum absolute atomic E-state index is 12.8. The van der Waals surface area contributed by atoms with Crippen molar-refractivity contribution < 1.29 is 19.1 Å². The summed E-state index contributed by atoms with van der Waals surface area (Å²) in [5.41, 5.74) is -1.41. The van der Waals surface area contributed by atoms with E-state index in [-0.39, 0.29) is 24.0 Å². The standard InChI is InChI=1S/C21H36O4/c1-7-20(5,6)18(23)25-21(13-8-9-14-21)15-11-10-12-16(15)24-17(22)19(2,3)4/h15-16H,7-14H2,1-6H3. The Bertz CT molecular complexity index is 495. The number of hydrogen-bond acceptors (Lipinski definition) is 4. The molecule has 2 atom stereocenters. The van der Waals surface area contributed by atoms with Crippen LogP contribution in [0, 0.1) is 16.7 Å². The Balaban J connectivity index is 2.18. The zero-order valence-electron chi connectivity index (χ0n) is 16.9. The lowest BCUT2D eigenvalue weighted by Crippen LogP contribution is -2.47. The minimum atomic E-state index is -0.503. The van der Waals surface area contributed by atoms with E-state index in [1.54, 1.807) is 0 Å². The fraction of sp³-hybridized carbons (Fsp3) is 0.905. The van der Waals surface area contributed by atoms with E-state index in [2.05, 4.69) is 0 Å². The maximum Gasteiger partial charge on any atom is 0.312 e. The fourth-order valence-electron chi connectivity index (χ4n) is 3.97. The first kappa shape index (κ1) is 20.3. The van der Waals surface area contributed by atoms with Gasteiger partial charge < -0.3 is 9.47 Å². The molecule has 4 nitrogen and oxygen atoms in total. The SMILES string of the molecule is CCC(C)(C)C(=O)OC1(C2CCCC2OC(=O)C(C)(C)C)CCCC1. The minimum absolute atomic E-state index is 0.107. The molecular formula is C21H36O4. The van der Waals surface area contributed by atoms with Gasteiger partial charge in [0.2, 0.25) is 0 Å². The molecule has 2 fully saturated rings. The van der Waals surface area contributed by atoms with Crippen molar-refractivity contribution in [3.63, 3.8) is 0 Å². The summed E-state index contributed by atoms with van der Waals surface area (Å²) in [6.07, 6.45) is 7.47. The van der Waals surface area contributed by atoms with Gasteiger partial charge in [0, 0.05) is 5.92 Å². The predicted molar refractivity (Wildman–Crippen MR) is 98.0 cm³/mol. The van der Waals surface area contributed by atoms with Gasteiger partial charge in [0.15, 0.2) is 0 Å². The van der Waals surface area contributed by atoms with Crippen molar-refractivity contribution in [3.8, 4) is 0 Å². The third kappa shape index (κ3) is 4.38. The quantitative estimate of drug-likeness (QED) is 0.651. The Labute approximate surface area is 153 Å². The van der Waals surface area contributed by atoms with Crippen LogP contribution in [0.25, 0.3) is 0 Å². The van der Waals surface area contributed by atoms with Gasteiger partial charge in [0.25, 0.3) is 0 Å². The molecule has 0 radical (unpaired) electrons. The number of carbonyl (C=O) groups excluding carboxylic acids is 2. The molecule has 4 heteroatoms. The lowest BCUT2D eigenvalue weighted by Gasteiger charge is -2.40. The van der Waals surface area contributed by atoms with Crippen LogP contribution >= 0.6 is 0 Å². The molecule has 0 aromatic rings.